The maximum absolute atomic E-state index is 12.0. The number of carbonyl (C=O) groups excluding carboxylic acids is 1. The van der Waals surface area contributed by atoms with Crippen molar-refractivity contribution < 1.29 is 9.53 Å². The number of hydrogen-bond acceptors (Lipinski definition) is 3. The van der Waals surface area contributed by atoms with Crippen molar-refractivity contribution in [2.75, 3.05) is 13.2 Å². The predicted octanol–water partition coefficient (Wildman–Crippen LogP) is 2.34. The van der Waals surface area contributed by atoms with Crippen LogP contribution in [0.3, 0.4) is 0 Å². The first kappa shape index (κ1) is 10.6. The Kier molecular flexibility index (Phi) is 3.34. The molecule has 0 amide bonds. The minimum atomic E-state index is 0.0460. The van der Waals surface area contributed by atoms with Gasteiger partial charge in [0.2, 0.25) is 0 Å². The van der Waals surface area contributed by atoms with Crippen molar-refractivity contribution in [2.24, 2.45) is 5.92 Å². The fourth-order valence-electron chi connectivity index (χ4n) is 1.71. The summed E-state index contributed by atoms with van der Waals surface area (Å²) in [6.07, 6.45) is 3.13. The molecule has 80 valence electrons. The number of ketones is 1. The van der Waals surface area contributed by atoms with Crippen LogP contribution in [0.1, 0.15) is 23.3 Å². The van der Waals surface area contributed by atoms with Crippen molar-refractivity contribution in [2.45, 2.75) is 12.8 Å². The Morgan fingerprint density at radius 3 is 2.87 bits per heavy atom. The SMILES string of the molecule is O=C(c1cc(Cl)ccn1)C1CCOCC1. The standard InChI is InChI=1S/C11H12ClNO2/c12-9-1-4-13-10(7-9)11(14)8-2-5-15-6-3-8/h1,4,7-8H,2-3,5-6H2. The molecule has 3 nitrogen and oxygen atoms in total. The second-order valence-electron chi connectivity index (χ2n) is 3.61. The summed E-state index contributed by atoms with van der Waals surface area (Å²) >= 11 is 5.81. The van der Waals surface area contributed by atoms with E-state index in [1.54, 1.807) is 18.3 Å². The van der Waals surface area contributed by atoms with Gasteiger partial charge in [0, 0.05) is 30.4 Å². The number of Topliss-reactive ketones (excluding diaryl/α,β-unsaturated/α-hetero) is 1. The van der Waals surface area contributed by atoms with E-state index in [4.69, 9.17) is 16.3 Å². The second-order valence-corrected chi connectivity index (χ2v) is 4.05. The number of halogens is 1. The van der Waals surface area contributed by atoms with E-state index >= 15 is 0 Å². The molecule has 0 aromatic carbocycles. The summed E-state index contributed by atoms with van der Waals surface area (Å²) in [5, 5.41) is 0.556. The lowest BCUT2D eigenvalue weighted by Crippen LogP contribution is -2.24. The Labute approximate surface area is 93.4 Å². The Bertz CT molecular complexity index is 361. The van der Waals surface area contributed by atoms with Crippen LogP contribution in [-0.4, -0.2) is 24.0 Å². The molecule has 1 aromatic rings. The van der Waals surface area contributed by atoms with Crippen LogP contribution in [0.25, 0.3) is 0 Å². The molecule has 4 heteroatoms. The molecule has 0 radical (unpaired) electrons. The van der Waals surface area contributed by atoms with Gasteiger partial charge in [-0.25, -0.2) is 0 Å². The molecule has 0 aliphatic carbocycles. The molecule has 0 bridgehead atoms. The topological polar surface area (TPSA) is 39.2 Å². The van der Waals surface area contributed by atoms with Gasteiger partial charge in [-0.15, -0.1) is 0 Å². The lowest BCUT2D eigenvalue weighted by atomic mass is 9.93. The summed E-state index contributed by atoms with van der Waals surface area (Å²) in [6, 6.07) is 3.29. The zero-order chi connectivity index (χ0) is 10.7. The van der Waals surface area contributed by atoms with E-state index in [1.807, 2.05) is 0 Å². The Hall–Kier alpha value is -0.930. The highest BCUT2D eigenvalue weighted by Crippen LogP contribution is 2.20. The van der Waals surface area contributed by atoms with Crippen molar-refractivity contribution in [1.29, 1.82) is 0 Å². The van der Waals surface area contributed by atoms with E-state index < -0.39 is 0 Å². The third-order valence-electron chi connectivity index (χ3n) is 2.57. The van der Waals surface area contributed by atoms with Gasteiger partial charge >= 0.3 is 0 Å². The monoisotopic (exact) mass is 225 g/mol. The molecule has 0 spiro atoms. The molecule has 1 aliphatic rings. The van der Waals surface area contributed by atoms with Gasteiger partial charge in [0.15, 0.2) is 5.78 Å². The quantitative estimate of drug-likeness (QED) is 0.726. The minimum Gasteiger partial charge on any atom is -0.381 e. The molecule has 0 N–H and O–H groups in total. The molecule has 0 unspecified atom stereocenters. The highest BCUT2D eigenvalue weighted by molar-refractivity contribution is 6.30. The van der Waals surface area contributed by atoms with E-state index in [0.717, 1.165) is 12.8 Å². The molecule has 1 fully saturated rings. The third kappa shape index (κ3) is 2.55. The van der Waals surface area contributed by atoms with E-state index in [9.17, 15) is 4.79 Å². The summed E-state index contributed by atoms with van der Waals surface area (Å²) in [5.74, 6) is 0.130. The Morgan fingerprint density at radius 2 is 2.20 bits per heavy atom. The first-order chi connectivity index (χ1) is 7.27. The Morgan fingerprint density at radius 1 is 1.47 bits per heavy atom. The fourth-order valence-corrected chi connectivity index (χ4v) is 1.87. The van der Waals surface area contributed by atoms with Crippen LogP contribution in [-0.2, 0) is 4.74 Å². The highest BCUT2D eigenvalue weighted by Gasteiger charge is 2.23. The van der Waals surface area contributed by atoms with E-state index in [0.29, 0.717) is 23.9 Å². The zero-order valence-electron chi connectivity index (χ0n) is 8.28. The normalized spacial score (nSPS) is 17.7. The molecule has 2 heterocycles. The number of carbonyl (C=O) groups is 1. The lowest BCUT2D eigenvalue weighted by molar-refractivity contribution is 0.0541. The summed E-state index contributed by atoms with van der Waals surface area (Å²) in [6.45, 7) is 1.33. The number of ether oxygens (including phenoxy) is 1. The molecule has 15 heavy (non-hydrogen) atoms. The molecular formula is C11H12ClNO2. The summed E-state index contributed by atoms with van der Waals surface area (Å²) in [7, 11) is 0. The number of hydrogen-bond donors (Lipinski definition) is 0. The predicted molar refractivity (Wildman–Crippen MR) is 57.1 cm³/mol. The average molecular weight is 226 g/mol. The molecular weight excluding hydrogens is 214 g/mol. The second kappa shape index (κ2) is 4.73. The molecule has 1 aliphatic heterocycles. The molecule has 1 saturated heterocycles. The van der Waals surface area contributed by atoms with Crippen LogP contribution < -0.4 is 0 Å². The molecule has 0 saturated carbocycles. The smallest absolute Gasteiger partial charge is 0.184 e. The van der Waals surface area contributed by atoms with Crippen LogP contribution in [0, 0.1) is 5.92 Å². The largest absolute Gasteiger partial charge is 0.381 e. The minimum absolute atomic E-state index is 0.0460. The first-order valence-corrected chi connectivity index (χ1v) is 5.38. The van der Waals surface area contributed by atoms with Crippen LogP contribution >= 0.6 is 11.6 Å². The molecule has 0 atom stereocenters. The third-order valence-corrected chi connectivity index (χ3v) is 2.80. The van der Waals surface area contributed by atoms with Gasteiger partial charge in [0.05, 0.1) is 0 Å². The number of rotatable bonds is 2. The van der Waals surface area contributed by atoms with E-state index in [1.165, 1.54) is 0 Å². The number of pyridine rings is 1. The van der Waals surface area contributed by atoms with Crippen LogP contribution in [0.4, 0.5) is 0 Å². The van der Waals surface area contributed by atoms with Gasteiger partial charge in [0.25, 0.3) is 0 Å². The van der Waals surface area contributed by atoms with Crippen molar-refractivity contribution in [3.05, 3.63) is 29.0 Å². The zero-order valence-corrected chi connectivity index (χ0v) is 9.04. The van der Waals surface area contributed by atoms with E-state index in [-0.39, 0.29) is 11.7 Å². The van der Waals surface area contributed by atoms with Gasteiger partial charge in [-0.3, -0.25) is 9.78 Å². The lowest BCUT2D eigenvalue weighted by Gasteiger charge is -2.20. The maximum atomic E-state index is 12.0. The van der Waals surface area contributed by atoms with Crippen LogP contribution in [0.2, 0.25) is 5.02 Å². The number of nitrogens with zero attached hydrogens (tertiary/aromatic N) is 1. The number of aromatic nitrogens is 1. The van der Waals surface area contributed by atoms with E-state index in [2.05, 4.69) is 4.98 Å². The van der Waals surface area contributed by atoms with Crippen molar-refractivity contribution in [3.8, 4) is 0 Å². The first-order valence-electron chi connectivity index (χ1n) is 5.01. The van der Waals surface area contributed by atoms with Crippen LogP contribution in [0.15, 0.2) is 18.3 Å². The average Bonchev–Trinajstić information content (AvgIpc) is 2.29. The fraction of sp³-hybridized carbons (Fsp3) is 0.455. The van der Waals surface area contributed by atoms with Crippen molar-refractivity contribution >= 4 is 17.4 Å². The van der Waals surface area contributed by atoms with Crippen molar-refractivity contribution in [1.82, 2.24) is 4.98 Å². The van der Waals surface area contributed by atoms with Gasteiger partial charge < -0.3 is 4.74 Å². The van der Waals surface area contributed by atoms with Gasteiger partial charge in [0.1, 0.15) is 5.69 Å². The summed E-state index contributed by atoms with van der Waals surface area (Å²) in [5.41, 5.74) is 0.467. The maximum Gasteiger partial charge on any atom is 0.184 e. The highest BCUT2D eigenvalue weighted by atomic mass is 35.5. The van der Waals surface area contributed by atoms with Crippen molar-refractivity contribution in [3.63, 3.8) is 0 Å². The van der Waals surface area contributed by atoms with Gasteiger partial charge in [-0.2, -0.15) is 0 Å². The van der Waals surface area contributed by atoms with Gasteiger partial charge in [-0.05, 0) is 25.0 Å². The molecule has 2 rings (SSSR count). The Balaban J connectivity index is 2.12. The molecule has 1 aromatic heterocycles. The van der Waals surface area contributed by atoms with Crippen LogP contribution in [0.5, 0.6) is 0 Å². The summed E-state index contributed by atoms with van der Waals surface area (Å²) in [4.78, 5) is 16.0. The van der Waals surface area contributed by atoms with Gasteiger partial charge in [-0.1, -0.05) is 11.6 Å². The summed E-state index contributed by atoms with van der Waals surface area (Å²) < 4.78 is 5.21.